The maximum Gasteiger partial charge on any atom is 0.0616 e. The van der Waals surface area contributed by atoms with Crippen LogP contribution in [0.3, 0.4) is 0 Å². The standard InChI is InChI=1S/C14H28N2O/c1-11(2)13-9-14(10-15,6-8-17-13)16-7-4-5-12(16)3/h11-13H,4-10,15H2,1-3H3. The Hall–Kier alpha value is -0.120. The number of hydrogen-bond acceptors (Lipinski definition) is 3. The molecule has 2 heterocycles. The van der Waals surface area contributed by atoms with Gasteiger partial charge >= 0.3 is 0 Å². The molecule has 0 aromatic rings. The smallest absolute Gasteiger partial charge is 0.0616 e. The van der Waals surface area contributed by atoms with Crippen LogP contribution in [0.1, 0.15) is 46.5 Å². The summed E-state index contributed by atoms with van der Waals surface area (Å²) in [5.41, 5.74) is 6.36. The molecule has 0 saturated carbocycles. The number of rotatable bonds is 3. The van der Waals surface area contributed by atoms with E-state index in [4.69, 9.17) is 10.5 Å². The molecule has 0 aromatic carbocycles. The lowest BCUT2D eigenvalue weighted by atomic mass is 9.81. The molecule has 2 fully saturated rings. The monoisotopic (exact) mass is 240 g/mol. The highest BCUT2D eigenvalue weighted by molar-refractivity contribution is 5.00. The van der Waals surface area contributed by atoms with Crippen molar-refractivity contribution in [3.8, 4) is 0 Å². The Bertz CT molecular complexity index is 257. The molecule has 2 aliphatic heterocycles. The highest BCUT2D eigenvalue weighted by atomic mass is 16.5. The van der Waals surface area contributed by atoms with Crippen molar-refractivity contribution < 1.29 is 4.74 Å². The fourth-order valence-corrected chi connectivity index (χ4v) is 3.57. The van der Waals surface area contributed by atoms with Crippen LogP contribution in [0.15, 0.2) is 0 Å². The van der Waals surface area contributed by atoms with Gasteiger partial charge in [-0.25, -0.2) is 0 Å². The fraction of sp³-hybridized carbons (Fsp3) is 1.00. The average molecular weight is 240 g/mol. The third kappa shape index (κ3) is 2.51. The SMILES string of the molecule is CC(C)C1CC(CN)(N2CCCC2C)CCO1. The molecule has 0 bridgehead atoms. The summed E-state index contributed by atoms with van der Waals surface area (Å²) >= 11 is 0. The van der Waals surface area contributed by atoms with Crippen molar-refractivity contribution in [2.24, 2.45) is 11.7 Å². The Morgan fingerprint density at radius 1 is 1.47 bits per heavy atom. The summed E-state index contributed by atoms with van der Waals surface area (Å²) in [6.45, 7) is 9.75. The molecule has 0 amide bonds. The zero-order valence-corrected chi connectivity index (χ0v) is 11.6. The van der Waals surface area contributed by atoms with Crippen molar-refractivity contribution in [1.82, 2.24) is 4.90 Å². The van der Waals surface area contributed by atoms with Crippen molar-refractivity contribution >= 4 is 0 Å². The first-order valence-electron chi connectivity index (χ1n) is 7.17. The van der Waals surface area contributed by atoms with Crippen LogP contribution in [-0.4, -0.2) is 42.3 Å². The molecule has 3 atom stereocenters. The molecular formula is C14H28N2O. The van der Waals surface area contributed by atoms with Crippen LogP contribution >= 0.6 is 0 Å². The number of hydrogen-bond donors (Lipinski definition) is 1. The van der Waals surface area contributed by atoms with Crippen LogP contribution in [0.5, 0.6) is 0 Å². The van der Waals surface area contributed by atoms with Crippen LogP contribution in [0.4, 0.5) is 0 Å². The molecule has 17 heavy (non-hydrogen) atoms. The van der Waals surface area contributed by atoms with Crippen LogP contribution in [0.2, 0.25) is 0 Å². The molecule has 3 nitrogen and oxygen atoms in total. The molecule has 0 aliphatic carbocycles. The summed E-state index contributed by atoms with van der Waals surface area (Å²) in [7, 11) is 0. The van der Waals surface area contributed by atoms with Gasteiger partial charge in [0, 0.05) is 24.7 Å². The Labute approximate surface area is 106 Å². The first-order valence-corrected chi connectivity index (χ1v) is 7.17. The summed E-state index contributed by atoms with van der Waals surface area (Å²) in [5, 5.41) is 0. The highest BCUT2D eigenvalue weighted by Gasteiger charge is 2.44. The van der Waals surface area contributed by atoms with E-state index < -0.39 is 0 Å². The Morgan fingerprint density at radius 3 is 2.76 bits per heavy atom. The number of ether oxygens (including phenoxy) is 1. The first-order chi connectivity index (χ1) is 8.09. The molecule has 2 rings (SSSR count). The van der Waals surface area contributed by atoms with Gasteiger partial charge < -0.3 is 10.5 Å². The lowest BCUT2D eigenvalue weighted by Gasteiger charge is -2.49. The van der Waals surface area contributed by atoms with Crippen molar-refractivity contribution in [2.75, 3.05) is 19.7 Å². The van der Waals surface area contributed by atoms with Gasteiger partial charge in [-0.2, -0.15) is 0 Å². The van der Waals surface area contributed by atoms with E-state index >= 15 is 0 Å². The lowest BCUT2D eigenvalue weighted by Crippen LogP contribution is -2.60. The van der Waals surface area contributed by atoms with E-state index in [-0.39, 0.29) is 5.54 Å². The van der Waals surface area contributed by atoms with Crippen molar-refractivity contribution in [3.63, 3.8) is 0 Å². The summed E-state index contributed by atoms with van der Waals surface area (Å²) < 4.78 is 5.91. The van der Waals surface area contributed by atoms with Gasteiger partial charge in [0.2, 0.25) is 0 Å². The number of nitrogens with zero attached hydrogens (tertiary/aromatic N) is 1. The van der Waals surface area contributed by atoms with Crippen LogP contribution < -0.4 is 5.73 Å². The lowest BCUT2D eigenvalue weighted by molar-refractivity contribution is -0.0894. The number of likely N-dealkylation sites (tertiary alicyclic amines) is 1. The van der Waals surface area contributed by atoms with Crippen LogP contribution in [0.25, 0.3) is 0 Å². The van der Waals surface area contributed by atoms with Crippen LogP contribution in [0, 0.1) is 5.92 Å². The zero-order valence-electron chi connectivity index (χ0n) is 11.6. The molecule has 3 unspecified atom stereocenters. The molecular weight excluding hydrogens is 212 g/mol. The van der Waals surface area contributed by atoms with Gasteiger partial charge in [0.25, 0.3) is 0 Å². The Morgan fingerprint density at radius 2 is 2.24 bits per heavy atom. The predicted molar refractivity (Wildman–Crippen MR) is 71.0 cm³/mol. The summed E-state index contributed by atoms with van der Waals surface area (Å²) in [6.07, 6.45) is 5.27. The molecule has 2 saturated heterocycles. The molecule has 0 aromatic heterocycles. The van der Waals surface area contributed by atoms with E-state index in [1.165, 1.54) is 19.4 Å². The van der Waals surface area contributed by atoms with Gasteiger partial charge in [0.1, 0.15) is 0 Å². The Kier molecular flexibility index (Phi) is 4.11. The van der Waals surface area contributed by atoms with E-state index in [0.29, 0.717) is 18.1 Å². The molecule has 100 valence electrons. The van der Waals surface area contributed by atoms with Crippen molar-refractivity contribution in [3.05, 3.63) is 0 Å². The molecule has 2 N–H and O–H groups in total. The summed E-state index contributed by atoms with van der Waals surface area (Å²) in [4.78, 5) is 2.67. The quantitative estimate of drug-likeness (QED) is 0.820. The normalized spacial score (nSPS) is 40.1. The minimum Gasteiger partial charge on any atom is -0.378 e. The van der Waals surface area contributed by atoms with E-state index in [2.05, 4.69) is 25.7 Å². The summed E-state index contributed by atoms with van der Waals surface area (Å²) in [5.74, 6) is 0.596. The molecule has 3 heteroatoms. The van der Waals surface area contributed by atoms with Gasteiger partial charge in [-0.15, -0.1) is 0 Å². The van der Waals surface area contributed by atoms with E-state index in [1.54, 1.807) is 0 Å². The second-order valence-electron chi connectivity index (χ2n) is 6.22. The largest absolute Gasteiger partial charge is 0.378 e. The van der Waals surface area contributed by atoms with Crippen LogP contribution in [-0.2, 0) is 4.74 Å². The van der Waals surface area contributed by atoms with E-state index in [9.17, 15) is 0 Å². The summed E-state index contributed by atoms with van der Waals surface area (Å²) in [6, 6.07) is 0.699. The second kappa shape index (κ2) is 5.25. The second-order valence-corrected chi connectivity index (χ2v) is 6.22. The topological polar surface area (TPSA) is 38.5 Å². The zero-order chi connectivity index (χ0) is 12.5. The Balaban J connectivity index is 2.12. The van der Waals surface area contributed by atoms with E-state index in [1.807, 2.05) is 0 Å². The van der Waals surface area contributed by atoms with Gasteiger partial charge in [0.15, 0.2) is 0 Å². The minimum atomic E-state index is 0.211. The van der Waals surface area contributed by atoms with E-state index in [0.717, 1.165) is 26.0 Å². The molecule has 2 aliphatic rings. The predicted octanol–water partition coefficient (Wildman–Crippen LogP) is 2.00. The number of nitrogens with two attached hydrogens (primary N) is 1. The third-order valence-corrected chi connectivity index (χ3v) is 4.77. The first kappa shape index (κ1) is 13.3. The van der Waals surface area contributed by atoms with Gasteiger partial charge in [-0.3, -0.25) is 4.90 Å². The third-order valence-electron chi connectivity index (χ3n) is 4.77. The molecule has 0 spiro atoms. The van der Waals surface area contributed by atoms with Gasteiger partial charge in [-0.05, 0) is 45.1 Å². The van der Waals surface area contributed by atoms with Gasteiger partial charge in [0.05, 0.1) is 6.10 Å². The maximum absolute atomic E-state index is 6.15. The highest BCUT2D eigenvalue weighted by Crippen LogP contribution is 2.37. The van der Waals surface area contributed by atoms with Crippen molar-refractivity contribution in [2.45, 2.75) is 64.1 Å². The maximum atomic E-state index is 6.15. The van der Waals surface area contributed by atoms with Crippen molar-refractivity contribution in [1.29, 1.82) is 0 Å². The fourth-order valence-electron chi connectivity index (χ4n) is 3.57. The molecule has 0 radical (unpaired) electrons. The minimum absolute atomic E-state index is 0.211. The van der Waals surface area contributed by atoms with Gasteiger partial charge in [-0.1, -0.05) is 13.8 Å². The average Bonchev–Trinajstić information content (AvgIpc) is 2.76.